The van der Waals surface area contributed by atoms with Gasteiger partial charge in [-0.15, -0.1) is 0 Å². The monoisotopic (exact) mass is 222 g/mol. The third kappa shape index (κ3) is 3.24. The highest BCUT2D eigenvalue weighted by Gasteiger charge is 2.26. The number of hydrogen-bond donors (Lipinski definition) is 0. The maximum Gasteiger partial charge on any atom is 0.454 e. The van der Waals surface area contributed by atoms with Gasteiger partial charge in [-0.1, -0.05) is 29.8 Å². The number of methoxy groups -OCH3 is 1. The van der Waals surface area contributed by atoms with E-state index in [1.165, 1.54) is 0 Å². The maximum absolute atomic E-state index is 6.03. The molecule has 0 aliphatic rings. The molecule has 0 aliphatic carbocycles. The first-order valence-corrected chi connectivity index (χ1v) is 8.07. The Morgan fingerprint density at radius 3 is 2.27 bits per heavy atom. The molecule has 1 aromatic rings. The first kappa shape index (κ1) is 12.6. The van der Waals surface area contributed by atoms with E-state index < -0.39 is 14.5 Å². The number of ether oxygens (including phenoxy) is 1. The molecule has 0 saturated heterocycles. The Morgan fingerprint density at radius 1 is 1.13 bits per heavy atom. The predicted octanol–water partition coefficient (Wildman–Crippen LogP) is 3.20. The molecule has 0 saturated carbocycles. The zero-order valence-electron chi connectivity index (χ0n) is 10.2. The van der Waals surface area contributed by atoms with Crippen LogP contribution >= 0.6 is 0 Å². The molecular formula is C12H19AlO2. The van der Waals surface area contributed by atoms with Gasteiger partial charge in [0.2, 0.25) is 0 Å². The molecular weight excluding hydrogens is 203 g/mol. The van der Waals surface area contributed by atoms with Crippen molar-refractivity contribution in [3.05, 3.63) is 29.8 Å². The zero-order chi connectivity index (χ0) is 11.5. The Hall–Kier alpha value is -0.488. The minimum absolute atomic E-state index is 0.257. The summed E-state index contributed by atoms with van der Waals surface area (Å²) in [6, 6.07) is 8.04. The average molecular weight is 222 g/mol. The highest BCUT2D eigenvalue weighted by molar-refractivity contribution is 6.48. The van der Waals surface area contributed by atoms with Crippen molar-refractivity contribution >= 4 is 14.5 Å². The van der Waals surface area contributed by atoms with Gasteiger partial charge >= 0.3 is 14.5 Å². The topological polar surface area (TPSA) is 18.5 Å². The molecule has 0 spiro atoms. The van der Waals surface area contributed by atoms with Crippen molar-refractivity contribution < 1.29 is 8.53 Å². The highest BCUT2D eigenvalue weighted by Crippen LogP contribution is 2.32. The quantitative estimate of drug-likeness (QED) is 0.728. The summed E-state index contributed by atoms with van der Waals surface area (Å²) in [5.41, 5.74) is 0.862. The summed E-state index contributed by atoms with van der Waals surface area (Å²) in [6.45, 7) is 4.19. The van der Waals surface area contributed by atoms with Crippen molar-refractivity contribution in [3.8, 4) is 5.75 Å². The molecule has 0 unspecified atom stereocenters. The van der Waals surface area contributed by atoms with Gasteiger partial charge in [0.05, 0.1) is 12.7 Å². The summed E-state index contributed by atoms with van der Waals surface area (Å²) in [6.07, 6.45) is 0. The first-order valence-electron chi connectivity index (χ1n) is 5.28. The molecule has 0 radical (unpaired) electrons. The second-order valence-electron chi connectivity index (χ2n) is 4.38. The second-order valence-corrected chi connectivity index (χ2v) is 6.71. The van der Waals surface area contributed by atoms with Crippen molar-refractivity contribution in [1.29, 1.82) is 0 Å². The Kier molecular flexibility index (Phi) is 4.22. The lowest BCUT2D eigenvalue weighted by atomic mass is 9.97. The molecule has 3 heteroatoms. The molecule has 0 atom stereocenters. The molecule has 0 amide bonds. The third-order valence-corrected chi connectivity index (χ3v) is 3.35. The largest absolute Gasteiger partial charge is 0.496 e. The van der Waals surface area contributed by atoms with Crippen LogP contribution in [0.4, 0.5) is 0 Å². The van der Waals surface area contributed by atoms with Gasteiger partial charge in [0.1, 0.15) is 5.75 Å². The second kappa shape index (κ2) is 5.03. The van der Waals surface area contributed by atoms with E-state index in [0.717, 1.165) is 11.3 Å². The Labute approximate surface area is 96.9 Å². The van der Waals surface area contributed by atoms with Gasteiger partial charge in [-0.25, -0.2) is 0 Å². The molecule has 2 nitrogen and oxygen atoms in total. The SMILES string of the molecule is COc1ccccc1C(C)(C)[O][Al]([CH3])[CH3]. The lowest BCUT2D eigenvalue weighted by Gasteiger charge is -2.30. The van der Waals surface area contributed by atoms with Gasteiger partial charge in [-0.3, -0.25) is 0 Å². The van der Waals surface area contributed by atoms with Crippen LogP contribution in [0.1, 0.15) is 19.4 Å². The van der Waals surface area contributed by atoms with Crippen LogP contribution in [-0.4, -0.2) is 21.6 Å². The normalized spacial score (nSPS) is 11.3. The van der Waals surface area contributed by atoms with Crippen LogP contribution in [0, 0.1) is 0 Å². The van der Waals surface area contributed by atoms with E-state index in [0.29, 0.717) is 0 Å². The minimum Gasteiger partial charge on any atom is -0.496 e. The van der Waals surface area contributed by atoms with E-state index >= 15 is 0 Å². The van der Waals surface area contributed by atoms with Crippen LogP contribution in [-0.2, 0) is 9.39 Å². The molecule has 0 aliphatic heterocycles. The van der Waals surface area contributed by atoms with Crippen molar-refractivity contribution in [2.24, 2.45) is 0 Å². The van der Waals surface area contributed by atoms with Crippen molar-refractivity contribution in [2.75, 3.05) is 7.11 Å². The first-order chi connectivity index (χ1) is 6.97. The van der Waals surface area contributed by atoms with Crippen LogP contribution < -0.4 is 4.74 Å². The summed E-state index contributed by atoms with van der Waals surface area (Å²) in [5, 5.41) is 0. The Balaban J connectivity index is 3.02. The van der Waals surface area contributed by atoms with Crippen molar-refractivity contribution in [1.82, 2.24) is 0 Å². The molecule has 0 bridgehead atoms. The lowest BCUT2D eigenvalue weighted by molar-refractivity contribution is 0.106. The van der Waals surface area contributed by atoms with E-state index in [9.17, 15) is 0 Å². The Bertz CT molecular complexity index is 321. The minimum atomic E-state index is -1.05. The van der Waals surface area contributed by atoms with Gasteiger partial charge in [-0.2, -0.15) is 0 Å². The van der Waals surface area contributed by atoms with Crippen LogP contribution in [0.15, 0.2) is 24.3 Å². The number of rotatable bonds is 4. The van der Waals surface area contributed by atoms with Crippen LogP contribution in [0.3, 0.4) is 0 Å². The molecule has 0 N–H and O–H groups in total. The molecule has 1 aromatic carbocycles. The van der Waals surface area contributed by atoms with Crippen LogP contribution in [0.2, 0.25) is 11.6 Å². The van der Waals surface area contributed by atoms with Gasteiger partial charge in [0, 0.05) is 5.56 Å². The summed E-state index contributed by atoms with van der Waals surface area (Å²) in [5.74, 6) is 5.26. The van der Waals surface area contributed by atoms with E-state index in [1.54, 1.807) is 7.11 Å². The van der Waals surface area contributed by atoms with Gasteiger partial charge in [-0.05, 0) is 19.9 Å². The van der Waals surface area contributed by atoms with Crippen molar-refractivity contribution in [2.45, 2.75) is 31.0 Å². The maximum atomic E-state index is 6.03. The third-order valence-electron chi connectivity index (χ3n) is 2.29. The summed E-state index contributed by atoms with van der Waals surface area (Å²) in [4.78, 5) is 0. The van der Waals surface area contributed by atoms with Gasteiger partial charge in [0.15, 0.2) is 0 Å². The lowest BCUT2D eigenvalue weighted by Crippen LogP contribution is -2.28. The standard InChI is InChI=1S/C10H13O2.2CH3.Al/c1-10(2,11)8-6-4-5-7-9(8)12-3;;;/h4-7H,1-3H3;2*1H3;/q-1;;;+1. The fourth-order valence-electron chi connectivity index (χ4n) is 1.79. The van der Waals surface area contributed by atoms with E-state index in [4.69, 9.17) is 8.53 Å². The van der Waals surface area contributed by atoms with Crippen LogP contribution in [0.25, 0.3) is 0 Å². The molecule has 82 valence electrons. The van der Waals surface area contributed by atoms with E-state index in [-0.39, 0.29) is 5.60 Å². The fourth-order valence-corrected chi connectivity index (χ4v) is 3.10. The van der Waals surface area contributed by atoms with Crippen LogP contribution in [0.5, 0.6) is 5.75 Å². The molecule has 0 aromatic heterocycles. The summed E-state index contributed by atoms with van der Waals surface area (Å²) < 4.78 is 11.4. The van der Waals surface area contributed by atoms with E-state index in [2.05, 4.69) is 31.5 Å². The zero-order valence-corrected chi connectivity index (χ0v) is 11.4. The molecule has 15 heavy (non-hydrogen) atoms. The smallest absolute Gasteiger partial charge is 0.454 e. The molecule has 0 heterocycles. The number of hydrogen-bond acceptors (Lipinski definition) is 2. The predicted molar refractivity (Wildman–Crippen MR) is 64.6 cm³/mol. The Morgan fingerprint density at radius 2 is 1.73 bits per heavy atom. The summed E-state index contributed by atoms with van der Waals surface area (Å²) in [7, 11) is 1.70. The van der Waals surface area contributed by atoms with Crippen molar-refractivity contribution in [3.63, 3.8) is 0 Å². The highest BCUT2D eigenvalue weighted by atomic mass is 27.2. The van der Waals surface area contributed by atoms with E-state index in [1.807, 2.05) is 18.2 Å². The van der Waals surface area contributed by atoms with Gasteiger partial charge in [0.25, 0.3) is 0 Å². The number of benzene rings is 1. The molecule has 1 rings (SSSR count). The van der Waals surface area contributed by atoms with Gasteiger partial charge < -0.3 is 8.53 Å². The summed E-state index contributed by atoms with van der Waals surface area (Å²) >= 11 is -1.05. The average Bonchev–Trinajstić information content (AvgIpc) is 2.16. The fraction of sp³-hybridized carbons (Fsp3) is 0.500. The number of para-hydroxylation sites is 1. The molecule has 0 fully saturated rings.